The number of carbonyl (C=O) groups is 1. The zero-order valence-electron chi connectivity index (χ0n) is 14.4. The quantitative estimate of drug-likeness (QED) is 0.827. The summed E-state index contributed by atoms with van der Waals surface area (Å²) in [5.74, 6) is -0.232. The first-order valence-electron chi connectivity index (χ1n) is 8.45. The Morgan fingerprint density at radius 1 is 1.28 bits per heavy atom. The molecule has 0 spiro atoms. The molecule has 1 aliphatic rings. The van der Waals surface area contributed by atoms with E-state index in [1.54, 1.807) is 23.0 Å². The van der Waals surface area contributed by atoms with Crippen molar-refractivity contribution in [2.75, 3.05) is 39.9 Å². The van der Waals surface area contributed by atoms with Gasteiger partial charge in [0, 0.05) is 52.2 Å². The van der Waals surface area contributed by atoms with Crippen LogP contribution in [0.4, 0.5) is 4.39 Å². The van der Waals surface area contributed by atoms with Crippen LogP contribution in [0.5, 0.6) is 0 Å². The van der Waals surface area contributed by atoms with E-state index in [1.165, 1.54) is 13.2 Å². The van der Waals surface area contributed by atoms with E-state index in [9.17, 15) is 9.18 Å². The molecule has 1 fully saturated rings. The summed E-state index contributed by atoms with van der Waals surface area (Å²) in [5, 5.41) is 4.25. The van der Waals surface area contributed by atoms with Crippen LogP contribution < -0.4 is 0 Å². The lowest BCUT2D eigenvalue weighted by Gasteiger charge is -2.23. The van der Waals surface area contributed by atoms with E-state index in [2.05, 4.69) is 10.00 Å². The summed E-state index contributed by atoms with van der Waals surface area (Å²) in [7, 11) is 1.53. The maximum absolute atomic E-state index is 13.8. The van der Waals surface area contributed by atoms with Crippen molar-refractivity contribution in [1.82, 2.24) is 19.6 Å². The maximum Gasteiger partial charge on any atom is 0.248 e. The van der Waals surface area contributed by atoms with Gasteiger partial charge in [-0.25, -0.2) is 9.07 Å². The normalized spacial score (nSPS) is 16.0. The number of hydrogen-bond acceptors (Lipinski definition) is 4. The highest BCUT2D eigenvalue weighted by molar-refractivity contribution is 5.77. The Kier molecular flexibility index (Phi) is 5.78. The van der Waals surface area contributed by atoms with Crippen molar-refractivity contribution >= 4 is 5.91 Å². The second kappa shape index (κ2) is 8.22. The highest BCUT2D eigenvalue weighted by Gasteiger charge is 2.20. The molecule has 2 aromatic rings. The molecule has 6 nitrogen and oxygen atoms in total. The second-order valence-electron chi connectivity index (χ2n) is 6.17. The lowest BCUT2D eigenvalue weighted by molar-refractivity contribution is -0.135. The summed E-state index contributed by atoms with van der Waals surface area (Å²) in [5.41, 5.74) is 1.77. The molecular weight excluding hydrogens is 323 g/mol. The Labute approximate surface area is 146 Å². The van der Waals surface area contributed by atoms with Crippen molar-refractivity contribution in [3.63, 3.8) is 0 Å². The van der Waals surface area contributed by atoms with E-state index >= 15 is 0 Å². The van der Waals surface area contributed by atoms with Crippen molar-refractivity contribution in [3.05, 3.63) is 48.0 Å². The van der Waals surface area contributed by atoms with Crippen LogP contribution >= 0.6 is 0 Å². The first-order valence-corrected chi connectivity index (χ1v) is 8.45. The molecule has 134 valence electrons. The fraction of sp³-hybridized carbons (Fsp3) is 0.444. The van der Waals surface area contributed by atoms with Crippen molar-refractivity contribution < 1.29 is 13.9 Å². The van der Waals surface area contributed by atoms with Gasteiger partial charge < -0.3 is 9.64 Å². The average Bonchev–Trinajstić information content (AvgIpc) is 3.02. The molecule has 0 N–H and O–H groups in total. The molecule has 0 radical (unpaired) electrons. The molecule has 0 atom stereocenters. The number of methoxy groups -OCH3 is 1. The van der Waals surface area contributed by atoms with Gasteiger partial charge in [0.25, 0.3) is 0 Å². The van der Waals surface area contributed by atoms with E-state index in [1.807, 2.05) is 17.2 Å². The Hall–Kier alpha value is -2.25. The van der Waals surface area contributed by atoms with E-state index in [4.69, 9.17) is 4.74 Å². The molecule has 1 saturated heterocycles. The van der Waals surface area contributed by atoms with E-state index in [0.29, 0.717) is 13.1 Å². The summed E-state index contributed by atoms with van der Waals surface area (Å²) in [4.78, 5) is 16.1. The van der Waals surface area contributed by atoms with E-state index in [0.717, 1.165) is 37.3 Å². The number of nitrogens with zero attached hydrogens (tertiary/aromatic N) is 4. The monoisotopic (exact) mass is 346 g/mol. The van der Waals surface area contributed by atoms with Crippen LogP contribution in [0.25, 0.3) is 5.69 Å². The number of carbonyl (C=O) groups excluding carboxylic acids is 1. The van der Waals surface area contributed by atoms with Gasteiger partial charge in [0.05, 0.1) is 5.69 Å². The number of hydrogen-bond donors (Lipinski definition) is 0. The van der Waals surface area contributed by atoms with Gasteiger partial charge in [0.1, 0.15) is 12.4 Å². The Morgan fingerprint density at radius 2 is 2.16 bits per heavy atom. The van der Waals surface area contributed by atoms with Crippen LogP contribution in [-0.2, 0) is 16.1 Å². The van der Waals surface area contributed by atoms with Crippen molar-refractivity contribution in [2.24, 2.45) is 0 Å². The van der Waals surface area contributed by atoms with Crippen LogP contribution in [-0.4, -0.2) is 65.4 Å². The number of amides is 1. The zero-order valence-corrected chi connectivity index (χ0v) is 14.4. The molecule has 1 aromatic heterocycles. The molecule has 0 bridgehead atoms. The first-order chi connectivity index (χ1) is 12.2. The van der Waals surface area contributed by atoms with Crippen LogP contribution in [0.15, 0.2) is 36.7 Å². The van der Waals surface area contributed by atoms with Crippen LogP contribution in [0.1, 0.15) is 12.0 Å². The topological polar surface area (TPSA) is 50.6 Å². The minimum Gasteiger partial charge on any atom is -0.375 e. The molecule has 1 aliphatic heterocycles. The van der Waals surface area contributed by atoms with Gasteiger partial charge in [-0.2, -0.15) is 5.10 Å². The predicted octanol–water partition coefficient (Wildman–Crippen LogP) is 1.69. The largest absolute Gasteiger partial charge is 0.375 e. The SMILES string of the molecule is COCC(=O)N1CCCN(Cc2cc(F)ccc2-n2cccn2)CC1. The fourth-order valence-electron chi connectivity index (χ4n) is 3.15. The van der Waals surface area contributed by atoms with Crippen molar-refractivity contribution in [2.45, 2.75) is 13.0 Å². The zero-order chi connectivity index (χ0) is 17.6. The molecule has 2 heterocycles. The van der Waals surface area contributed by atoms with Gasteiger partial charge in [-0.3, -0.25) is 9.69 Å². The summed E-state index contributed by atoms with van der Waals surface area (Å²) in [6.07, 6.45) is 4.45. The van der Waals surface area contributed by atoms with Gasteiger partial charge in [-0.05, 0) is 36.2 Å². The third-order valence-electron chi connectivity index (χ3n) is 4.40. The molecule has 25 heavy (non-hydrogen) atoms. The van der Waals surface area contributed by atoms with Gasteiger partial charge in [-0.15, -0.1) is 0 Å². The van der Waals surface area contributed by atoms with Gasteiger partial charge in [0.15, 0.2) is 0 Å². The van der Waals surface area contributed by atoms with Crippen molar-refractivity contribution in [1.29, 1.82) is 0 Å². The highest BCUT2D eigenvalue weighted by atomic mass is 19.1. The van der Waals surface area contributed by atoms with E-state index < -0.39 is 0 Å². The average molecular weight is 346 g/mol. The molecule has 1 amide bonds. The van der Waals surface area contributed by atoms with Gasteiger partial charge in [-0.1, -0.05) is 0 Å². The number of benzene rings is 1. The molecule has 0 aliphatic carbocycles. The summed E-state index contributed by atoms with van der Waals surface area (Å²) in [6, 6.07) is 6.62. The highest BCUT2D eigenvalue weighted by Crippen LogP contribution is 2.18. The lowest BCUT2D eigenvalue weighted by atomic mass is 10.1. The number of ether oxygens (including phenoxy) is 1. The molecule has 0 saturated carbocycles. The first kappa shape index (κ1) is 17.6. The third-order valence-corrected chi connectivity index (χ3v) is 4.40. The molecule has 7 heteroatoms. The molecular formula is C18H23FN4O2. The van der Waals surface area contributed by atoms with Crippen LogP contribution in [0.3, 0.4) is 0 Å². The Balaban J connectivity index is 1.70. The minimum atomic E-state index is -0.252. The number of aromatic nitrogens is 2. The minimum absolute atomic E-state index is 0.0207. The molecule has 1 aromatic carbocycles. The second-order valence-corrected chi connectivity index (χ2v) is 6.17. The lowest BCUT2D eigenvalue weighted by Crippen LogP contribution is -2.37. The van der Waals surface area contributed by atoms with Crippen LogP contribution in [0.2, 0.25) is 0 Å². The van der Waals surface area contributed by atoms with Gasteiger partial charge in [0.2, 0.25) is 5.91 Å². The molecule has 3 rings (SSSR count). The number of halogens is 1. The maximum atomic E-state index is 13.8. The Bertz CT molecular complexity index is 705. The predicted molar refractivity (Wildman–Crippen MR) is 91.9 cm³/mol. The Morgan fingerprint density at radius 3 is 2.92 bits per heavy atom. The fourth-order valence-corrected chi connectivity index (χ4v) is 3.15. The summed E-state index contributed by atoms with van der Waals surface area (Å²) >= 11 is 0. The molecule has 0 unspecified atom stereocenters. The van der Waals surface area contributed by atoms with Crippen LogP contribution in [0, 0.1) is 5.82 Å². The van der Waals surface area contributed by atoms with Gasteiger partial charge >= 0.3 is 0 Å². The third kappa shape index (κ3) is 4.43. The van der Waals surface area contributed by atoms with E-state index in [-0.39, 0.29) is 18.3 Å². The standard InChI is InChI=1S/C18H23FN4O2/c1-25-14-18(24)22-8-3-7-21(10-11-22)13-15-12-16(19)4-5-17(15)23-9-2-6-20-23/h2,4-6,9,12H,3,7-8,10-11,13-14H2,1H3. The summed E-state index contributed by atoms with van der Waals surface area (Å²) < 4.78 is 20.4. The number of rotatable bonds is 5. The van der Waals surface area contributed by atoms with Crippen molar-refractivity contribution in [3.8, 4) is 5.69 Å². The summed E-state index contributed by atoms with van der Waals surface area (Å²) in [6.45, 7) is 3.76. The smallest absolute Gasteiger partial charge is 0.248 e.